The van der Waals surface area contributed by atoms with Crippen molar-refractivity contribution in [2.75, 3.05) is 39.3 Å². The van der Waals surface area contributed by atoms with Gasteiger partial charge in [-0.15, -0.1) is 6.58 Å². The third-order valence-electron chi connectivity index (χ3n) is 15.7. The maximum absolute atomic E-state index is 4.97. The Morgan fingerprint density at radius 2 is 1.76 bits per heavy atom. The molecule has 2 aliphatic heterocycles. The molecule has 70 heavy (non-hydrogen) atoms. The van der Waals surface area contributed by atoms with Crippen LogP contribution in [-0.4, -0.2) is 81.8 Å². The van der Waals surface area contributed by atoms with Crippen LogP contribution in [-0.2, 0) is 19.4 Å². The van der Waals surface area contributed by atoms with E-state index in [-0.39, 0.29) is 17.5 Å². The Morgan fingerprint density at radius 3 is 2.41 bits per heavy atom. The van der Waals surface area contributed by atoms with Gasteiger partial charge in [0.2, 0.25) is 0 Å². The lowest BCUT2D eigenvalue weighted by atomic mass is 9.80. The molecule has 8 heteroatoms. The maximum atomic E-state index is 4.97. The van der Waals surface area contributed by atoms with Crippen LogP contribution in [0.5, 0.6) is 0 Å². The fourth-order valence-electron chi connectivity index (χ4n) is 11.8. The summed E-state index contributed by atoms with van der Waals surface area (Å²) in [6.07, 6.45) is 18.3. The second-order valence-electron chi connectivity index (χ2n) is 22.2. The lowest BCUT2D eigenvalue weighted by molar-refractivity contribution is 0.180. The van der Waals surface area contributed by atoms with E-state index in [0.29, 0.717) is 23.8 Å². The summed E-state index contributed by atoms with van der Waals surface area (Å²) in [5.74, 6) is 1.35. The standard InChI is InChI=1S/C62H90N8/c1-14-18-30-62(12,13)40-55-54-39-51(27-28-58(54)69(17-4)61(55)53-26-23-31-63-59(53)43(5)6)52-36-45(8)35-49(37-52)38-56(48(11)70-33-22-21-32-65-70)66-46(9)60(50-24-19-20-25-50)67(15-2)34-29-44(7)42-68(16-3)47(10)57-41-64-57/h14-15,23,26-28,31,35-37,39,43-44,50,56-57,60,64-66H,1-2,9-11,16-22,24-25,29-30,32-34,38,40-42H2,3-8,12-13H3. The van der Waals surface area contributed by atoms with Crippen molar-refractivity contribution in [3.63, 3.8) is 0 Å². The van der Waals surface area contributed by atoms with Crippen molar-refractivity contribution >= 4 is 10.9 Å². The number of hydrogen-bond donors (Lipinski definition) is 3. The van der Waals surface area contributed by atoms with Gasteiger partial charge in [0, 0.05) is 85.6 Å². The van der Waals surface area contributed by atoms with E-state index in [4.69, 9.17) is 18.1 Å². The minimum Gasteiger partial charge on any atom is -0.378 e. The van der Waals surface area contributed by atoms with E-state index in [1.54, 1.807) is 0 Å². The molecule has 4 aromatic rings. The van der Waals surface area contributed by atoms with Gasteiger partial charge in [0.25, 0.3) is 0 Å². The van der Waals surface area contributed by atoms with Gasteiger partial charge in [-0.25, -0.2) is 5.43 Å². The van der Waals surface area contributed by atoms with Gasteiger partial charge in [-0.05, 0) is 154 Å². The average molecular weight is 947 g/mol. The van der Waals surface area contributed by atoms with Gasteiger partial charge in [-0.1, -0.05) is 110 Å². The Kier molecular flexibility index (Phi) is 18.0. The molecular weight excluding hydrogens is 857 g/mol. The molecule has 8 nitrogen and oxygen atoms in total. The summed E-state index contributed by atoms with van der Waals surface area (Å²) in [5, 5.41) is 11.2. The summed E-state index contributed by atoms with van der Waals surface area (Å²) in [5.41, 5.74) is 18.6. The number of likely N-dealkylation sites (N-methyl/N-ethyl adjacent to an activating group) is 1. The highest BCUT2D eigenvalue weighted by molar-refractivity contribution is 5.95. The SMILES string of the molecule is C=CCCC(C)(C)Cc1c(-c2cccnc2C(C)C)n(CC)c2ccc(-c3cc(C)cc(CC(NC(=C)C(C4CCCC4)N(C=C)CCC(C)CN(CC)C(=C)C4CN4)C(=C)N4CCCCN4)c3)cc12. The Morgan fingerprint density at radius 1 is 0.986 bits per heavy atom. The van der Waals surface area contributed by atoms with Crippen LogP contribution in [0.3, 0.4) is 0 Å². The molecular formula is C62H90N8. The highest BCUT2D eigenvalue weighted by Gasteiger charge is 2.34. The Labute approximate surface area is 424 Å². The van der Waals surface area contributed by atoms with E-state index < -0.39 is 0 Å². The third-order valence-corrected chi connectivity index (χ3v) is 15.7. The zero-order valence-electron chi connectivity index (χ0n) is 44.8. The Balaban J connectivity index is 1.21. The van der Waals surface area contributed by atoms with Crippen molar-refractivity contribution < 1.29 is 0 Å². The number of nitrogens with zero attached hydrogens (tertiary/aromatic N) is 5. The van der Waals surface area contributed by atoms with Crippen molar-refractivity contribution in [3.8, 4) is 22.4 Å². The molecule has 3 fully saturated rings. The minimum absolute atomic E-state index is 0.0509. The molecule has 0 bridgehead atoms. The second kappa shape index (κ2) is 23.9. The molecule has 4 unspecified atom stereocenters. The summed E-state index contributed by atoms with van der Waals surface area (Å²) in [6, 6.07) is 19.4. The molecule has 0 amide bonds. The lowest BCUT2D eigenvalue weighted by Gasteiger charge is -2.41. The van der Waals surface area contributed by atoms with Crippen molar-refractivity contribution in [2.45, 2.75) is 157 Å². The normalized spacial score (nSPS) is 17.6. The number of allylic oxidation sites excluding steroid dienone is 1. The number of rotatable bonds is 27. The first kappa shape index (κ1) is 52.8. The molecule has 2 saturated heterocycles. The topological polar surface area (TPSA) is 73.5 Å². The fourth-order valence-corrected chi connectivity index (χ4v) is 11.8. The third kappa shape index (κ3) is 12.7. The first-order valence-corrected chi connectivity index (χ1v) is 27.2. The molecule has 1 aliphatic carbocycles. The van der Waals surface area contributed by atoms with Crippen molar-refractivity contribution in [3.05, 3.63) is 139 Å². The van der Waals surface area contributed by atoms with E-state index in [1.807, 2.05) is 6.20 Å². The first-order chi connectivity index (χ1) is 33.7. The lowest BCUT2D eigenvalue weighted by Crippen LogP contribution is -2.51. The van der Waals surface area contributed by atoms with Crippen molar-refractivity contribution in [1.29, 1.82) is 0 Å². The predicted molar refractivity (Wildman–Crippen MR) is 299 cm³/mol. The van der Waals surface area contributed by atoms with Crippen LogP contribution in [0, 0.1) is 24.2 Å². The van der Waals surface area contributed by atoms with E-state index in [2.05, 4.69) is 171 Å². The number of nitrogens with one attached hydrogen (secondary N) is 3. The zero-order valence-corrected chi connectivity index (χ0v) is 44.8. The maximum Gasteiger partial charge on any atom is 0.0707 e. The van der Waals surface area contributed by atoms with Crippen LogP contribution in [0.2, 0.25) is 0 Å². The van der Waals surface area contributed by atoms with Crippen LogP contribution in [0.1, 0.15) is 135 Å². The zero-order chi connectivity index (χ0) is 50.1. The summed E-state index contributed by atoms with van der Waals surface area (Å²) in [7, 11) is 0. The van der Waals surface area contributed by atoms with Gasteiger partial charge in [0.1, 0.15) is 0 Å². The van der Waals surface area contributed by atoms with Gasteiger partial charge in [-0.3, -0.25) is 4.98 Å². The van der Waals surface area contributed by atoms with Gasteiger partial charge < -0.3 is 30.0 Å². The van der Waals surface area contributed by atoms with E-state index in [0.717, 1.165) is 101 Å². The molecule has 3 aliphatic rings. The molecule has 2 aromatic heterocycles. The fraction of sp³-hybridized carbons (Fsp3) is 0.532. The van der Waals surface area contributed by atoms with Crippen molar-refractivity contribution in [2.24, 2.45) is 17.3 Å². The number of benzene rings is 2. The van der Waals surface area contributed by atoms with Crippen LogP contribution < -0.4 is 16.1 Å². The Bertz CT molecular complexity index is 2440. The second-order valence-corrected chi connectivity index (χ2v) is 22.2. The molecule has 0 spiro atoms. The highest BCUT2D eigenvalue weighted by Crippen LogP contribution is 2.43. The molecule has 4 atom stereocenters. The quantitative estimate of drug-likeness (QED) is 0.0406. The Hall–Kier alpha value is -5.05. The number of hydrazine groups is 1. The van der Waals surface area contributed by atoms with E-state index >= 15 is 0 Å². The molecule has 7 rings (SSSR count). The summed E-state index contributed by atoms with van der Waals surface area (Å²) in [6.45, 7) is 48.0. The van der Waals surface area contributed by atoms with Crippen LogP contribution in [0.15, 0.2) is 117 Å². The van der Waals surface area contributed by atoms with Crippen LogP contribution >= 0.6 is 0 Å². The molecule has 3 N–H and O–H groups in total. The molecule has 1 saturated carbocycles. The summed E-state index contributed by atoms with van der Waals surface area (Å²) >= 11 is 0. The molecule has 2 aromatic carbocycles. The predicted octanol–water partition coefficient (Wildman–Crippen LogP) is 13.3. The van der Waals surface area contributed by atoms with Gasteiger partial charge in [-0.2, -0.15) is 0 Å². The highest BCUT2D eigenvalue weighted by atomic mass is 15.5. The van der Waals surface area contributed by atoms with Gasteiger partial charge >= 0.3 is 0 Å². The van der Waals surface area contributed by atoms with Crippen LogP contribution in [0.25, 0.3) is 33.3 Å². The summed E-state index contributed by atoms with van der Waals surface area (Å²) in [4.78, 5) is 9.95. The van der Waals surface area contributed by atoms with Gasteiger partial charge in [0.05, 0.1) is 29.5 Å². The number of hydrogen-bond acceptors (Lipinski definition) is 7. The molecule has 4 heterocycles. The van der Waals surface area contributed by atoms with Crippen molar-refractivity contribution in [1.82, 2.24) is 40.4 Å². The van der Waals surface area contributed by atoms with E-state index in [9.17, 15) is 0 Å². The molecule has 0 radical (unpaired) electrons. The smallest absolute Gasteiger partial charge is 0.0707 e. The van der Waals surface area contributed by atoms with Gasteiger partial charge in [0.15, 0.2) is 0 Å². The van der Waals surface area contributed by atoms with Crippen LogP contribution in [0.4, 0.5) is 0 Å². The average Bonchev–Trinajstić information content (AvgIpc) is 3.99. The first-order valence-electron chi connectivity index (χ1n) is 27.2. The van der Waals surface area contributed by atoms with E-state index in [1.165, 1.54) is 87.8 Å². The number of fused-ring (bicyclic) bond motifs is 1. The number of pyridine rings is 1. The molecule has 378 valence electrons. The number of aryl methyl sites for hydroxylation is 2. The minimum atomic E-state index is -0.0509. The number of aromatic nitrogens is 2. The monoisotopic (exact) mass is 947 g/mol. The largest absolute Gasteiger partial charge is 0.378 e. The summed E-state index contributed by atoms with van der Waals surface area (Å²) < 4.78 is 2.55.